The second kappa shape index (κ2) is 9.04. The fourth-order valence-corrected chi connectivity index (χ4v) is 5.02. The number of fused-ring (bicyclic) bond motifs is 1. The van der Waals surface area contributed by atoms with E-state index < -0.39 is 0 Å². The standard InChI is InChI=1S/C24H25FN2O2S/c1-16-10-12-18(13-11-16)26-23(28)15-27-20-8-4-5-9-21(20)30-22(24(27)29)14-17-6-2-3-7-19(17)25/h2-9,14,16,18H,10-13,15H2,1H3,(H,26,28)/b22-14-. The van der Waals surface area contributed by atoms with Gasteiger partial charge in [-0.2, -0.15) is 0 Å². The van der Waals surface area contributed by atoms with Gasteiger partial charge in [-0.1, -0.05) is 49.0 Å². The van der Waals surface area contributed by atoms with Crippen molar-refractivity contribution in [3.63, 3.8) is 0 Å². The second-order valence-electron chi connectivity index (χ2n) is 8.02. The first-order valence-electron chi connectivity index (χ1n) is 10.4. The summed E-state index contributed by atoms with van der Waals surface area (Å²) in [5, 5.41) is 3.09. The van der Waals surface area contributed by atoms with Gasteiger partial charge < -0.3 is 5.32 Å². The van der Waals surface area contributed by atoms with Gasteiger partial charge in [-0.3, -0.25) is 14.5 Å². The number of carbonyl (C=O) groups is 2. The lowest BCUT2D eigenvalue weighted by atomic mass is 9.87. The lowest BCUT2D eigenvalue weighted by Crippen LogP contribution is -2.46. The van der Waals surface area contributed by atoms with Crippen molar-refractivity contribution in [3.8, 4) is 0 Å². The van der Waals surface area contributed by atoms with Crippen LogP contribution in [0.1, 0.15) is 38.2 Å². The summed E-state index contributed by atoms with van der Waals surface area (Å²) in [5.74, 6) is -0.117. The van der Waals surface area contributed by atoms with E-state index in [1.165, 1.54) is 22.7 Å². The van der Waals surface area contributed by atoms with Crippen LogP contribution in [0.25, 0.3) is 6.08 Å². The Hall–Kier alpha value is -2.60. The monoisotopic (exact) mass is 424 g/mol. The van der Waals surface area contributed by atoms with Gasteiger partial charge in [0.1, 0.15) is 12.4 Å². The predicted octanol–water partition coefficient (Wildman–Crippen LogP) is 5.00. The number of para-hydroxylation sites is 1. The zero-order valence-corrected chi connectivity index (χ0v) is 17.8. The Labute approximate surface area is 180 Å². The summed E-state index contributed by atoms with van der Waals surface area (Å²) in [6, 6.07) is 14.0. The van der Waals surface area contributed by atoms with Gasteiger partial charge in [0.25, 0.3) is 5.91 Å². The zero-order valence-electron chi connectivity index (χ0n) is 16.9. The average Bonchev–Trinajstić information content (AvgIpc) is 2.74. The molecule has 1 saturated carbocycles. The number of hydrogen-bond donors (Lipinski definition) is 1. The van der Waals surface area contributed by atoms with Crippen molar-refractivity contribution in [3.05, 3.63) is 64.8 Å². The van der Waals surface area contributed by atoms with Crippen molar-refractivity contribution in [2.45, 2.75) is 43.5 Å². The van der Waals surface area contributed by atoms with Crippen LogP contribution < -0.4 is 10.2 Å². The van der Waals surface area contributed by atoms with Gasteiger partial charge in [-0.15, -0.1) is 0 Å². The number of hydrogen-bond acceptors (Lipinski definition) is 3. The Balaban J connectivity index is 1.56. The lowest BCUT2D eigenvalue weighted by Gasteiger charge is -2.31. The highest BCUT2D eigenvalue weighted by molar-refractivity contribution is 8.04. The van der Waals surface area contributed by atoms with Gasteiger partial charge in [-0.25, -0.2) is 4.39 Å². The summed E-state index contributed by atoms with van der Waals surface area (Å²) in [5.41, 5.74) is 1.07. The maximum absolute atomic E-state index is 14.1. The highest BCUT2D eigenvalue weighted by atomic mass is 32.2. The van der Waals surface area contributed by atoms with Gasteiger partial charge in [0.2, 0.25) is 5.91 Å². The molecule has 0 aromatic heterocycles. The third-order valence-electron chi connectivity index (χ3n) is 5.71. The van der Waals surface area contributed by atoms with E-state index in [1.54, 1.807) is 24.3 Å². The summed E-state index contributed by atoms with van der Waals surface area (Å²) >= 11 is 1.31. The molecule has 4 nitrogen and oxygen atoms in total. The Bertz CT molecular complexity index is 983. The van der Waals surface area contributed by atoms with E-state index in [0.29, 0.717) is 22.1 Å². The summed E-state index contributed by atoms with van der Waals surface area (Å²) in [7, 11) is 0. The van der Waals surface area contributed by atoms with Crippen LogP contribution in [0.3, 0.4) is 0 Å². The Morgan fingerprint density at radius 3 is 2.60 bits per heavy atom. The molecule has 0 atom stereocenters. The first-order valence-corrected chi connectivity index (χ1v) is 11.2. The molecular weight excluding hydrogens is 399 g/mol. The topological polar surface area (TPSA) is 49.4 Å². The summed E-state index contributed by atoms with van der Waals surface area (Å²) in [4.78, 5) is 28.7. The fourth-order valence-electron chi connectivity index (χ4n) is 3.97. The highest BCUT2D eigenvalue weighted by Gasteiger charge is 2.31. The first-order chi connectivity index (χ1) is 14.5. The maximum Gasteiger partial charge on any atom is 0.265 e. The number of nitrogens with zero attached hydrogens (tertiary/aromatic N) is 1. The van der Waals surface area contributed by atoms with Crippen LogP contribution in [0.2, 0.25) is 0 Å². The maximum atomic E-state index is 14.1. The largest absolute Gasteiger partial charge is 0.352 e. The molecule has 2 aromatic rings. The number of rotatable bonds is 4. The van der Waals surface area contributed by atoms with E-state index in [1.807, 2.05) is 24.3 Å². The molecule has 1 N–H and O–H groups in total. The molecule has 2 aliphatic rings. The van der Waals surface area contributed by atoms with Gasteiger partial charge in [0.15, 0.2) is 0 Å². The molecule has 2 aromatic carbocycles. The summed E-state index contributed by atoms with van der Waals surface area (Å²) in [6.45, 7) is 2.19. The van der Waals surface area contributed by atoms with Crippen molar-refractivity contribution >= 4 is 35.3 Å². The van der Waals surface area contributed by atoms with Crippen molar-refractivity contribution < 1.29 is 14.0 Å². The van der Waals surface area contributed by atoms with E-state index in [-0.39, 0.29) is 30.2 Å². The van der Waals surface area contributed by atoms with Crippen LogP contribution in [0.15, 0.2) is 58.3 Å². The molecule has 6 heteroatoms. The van der Waals surface area contributed by atoms with Crippen molar-refractivity contribution in [2.24, 2.45) is 5.92 Å². The summed E-state index contributed by atoms with van der Waals surface area (Å²) in [6.07, 6.45) is 5.74. The molecule has 1 fully saturated rings. The zero-order chi connectivity index (χ0) is 21.1. The van der Waals surface area contributed by atoms with Crippen LogP contribution in [0.4, 0.5) is 10.1 Å². The minimum absolute atomic E-state index is 0.0446. The van der Waals surface area contributed by atoms with Crippen LogP contribution in [0, 0.1) is 11.7 Å². The molecule has 4 rings (SSSR count). The molecule has 156 valence electrons. The van der Waals surface area contributed by atoms with Gasteiger partial charge in [0.05, 0.1) is 10.6 Å². The van der Waals surface area contributed by atoms with Crippen molar-refractivity contribution in [1.82, 2.24) is 5.32 Å². The normalized spacial score (nSPS) is 22.7. The Morgan fingerprint density at radius 2 is 1.83 bits per heavy atom. The average molecular weight is 425 g/mol. The number of nitrogens with one attached hydrogen (secondary N) is 1. The lowest BCUT2D eigenvalue weighted by molar-refractivity contribution is -0.123. The fraction of sp³-hybridized carbons (Fsp3) is 0.333. The molecule has 1 aliphatic carbocycles. The van der Waals surface area contributed by atoms with Gasteiger partial charge in [0, 0.05) is 16.5 Å². The predicted molar refractivity (Wildman–Crippen MR) is 119 cm³/mol. The van der Waals surface area contributed by atoms with E-state index in [2.05, 4.69) is 12.2 Å². The van der Waals surface area contributed by atoms with E-state index in [9.17, 15) is 14.0 Å². The first kappa shape index (κ1) is 20.7. The van der Waals surface area contributed by atoms with Gasteiger partial charge >= 0.3 is 0 Å². The third kappa shape index (κ3) is 4.59. The Kier molecular flexibility index (Phi) is 6.23. The molecule has 0 unspecified atom stereocenters. The molecule has 1 aliphatic heterocycles. The minimum atomic E-state index is -0.381. The molecule has 0 radical (unpaired) electrons. The number of halogens is 1. The van der Waals surface area contributed by atoms with Gasteiger partial charge in [-0.05, 0) is 55.9 Å². The molecule has 1 heterocycles. The number of benzene rings is 2. The van der Waals surface area contributed by atoms with E-state index >= 15 is 0 Å². The SMILES string of the molecule is CC1CCC(NC(=O)CN2C(=O)/C(=C/c3ccccc3F)Sc3ccccc32)CC1. The Morgan fingerprint density at radius 1 is 1.13 bits per heavy atom. The van der Waals surface area contributed by atoms with Crippen molar-refractivity contribution in [1.29, 1.82) is 0 Å². The highest BCUT2D eigenvalue weighted by Crippen LogP contribution is 2.42. The van der Waals surface area contributed by atoms with Crippen LogP contribution in [-0.2, 0) is 9.59 Å². The van der Waals surface area contributed by atoms with E-state index in [0.717, 1.165) is 30.6 Å². The van der Waals surface area contributed by atoms with Crippen LogP contribution in [-0.4, -0.2) is 24.4 Å². The van der Waals surface area contributed by atoms with Crippen molar-refractivity contribution in [2.75, 3.05) is 11.4 Å². The summed E-state index contributed by atoms with van der Waals surface area (Å²) < 4.78 is 14.1. The molecule has 0 bridgehead atoms. The number of amides is 2. The number of thioether (sulfide) groups is 1. The smallest absolute Gasteiger partial charge is 0.265 e. The second-order valence-corrected chi connectivity index (χ2v) is 9.10. The quantitative estimate of drug-likeness (QED) is 0.703. The number of anilines is 1. The van der Waals surface area contributed by atoms with Crippen LogP contribution in [0.5, 0.6) is 0 Å². The molecular formula is C24H25FN2O2S. The third-order valence-corrected chi connectivity index (χ3v) is 6.78. The van der Waals surface area contributed by atoms with Crippen LogP contribution >= 0.6 is 11.8 Å². The van der Waals surface area contributed by atoms with E-state index in [4.69, 9.17) is 0 Å². The minimum Gasteiger partial charge on any atom is -0.352 e. The molecule has 0 spiro atoms. The number of carbonyl (C=O) groups excluding carboxylic acids is 2. The molecule has 0 saturated heterocycles. The molecule has 2 amide bonds. The molecule has 30 heavy (non-hydrogen) atoms.